The van der Waals surface area contributed by atoms with E-state index in [0.29, 0.717) is 29.5 Å². The molecule has 47 heavy (non-hydrogen) atoms. The number of aromatic nitrogens is 1. The van der Waals surface area contributed by atoms with Gasteiger partial charge in [0.25, 0.3) is 5.91 Å². The highest BCUT2D eigenvalue weighted by molar-refractivity contribution is 6.07. The molecule has 1 N–H and O–H groups in total. The van der Waals surface area contributed by atoms with Gasteiger partial charge in [0.05, 0.1) is 25.3 Å². The molecule has 1 atom stereocenters. The maximum atomic E-state index is 13.6. The molecule has 0 aliphatic carbocycles. The largest absolute Gasteiger partial charge is 0.497 e. The number of methoxy groups -OCH3 is 2. The van der Waals surface area contributed by atoms with Gasteiger partial charge >= 0.3 is 11.9 Å². The summed E-state index contributed by atoms with van der Waals surface area (Å²) in [5.41, 5.74) is 5.08. The third kappa shape index (κ3) is 8.58. The average molecular weight is 635 g/mol. The van der Waals surface area contributed by atoms with Crippen molar-refractivity contribution in [3.05, 3.63) is 142 Å². The van der Waals surface area contributed by atoms with Gasteiger partial charge in [-0.2, -0.15) is 0 Å². The topological polar surface area (TPSA) is 104 Å². The Bertz CT molecular complexity index is 1870. The van der Waals surface area contributed by atoms with Crippen molar-refractivity contribution in [2.45, 2.75) is 38.8 Å². The van der Waals surface area contributed by atoms with Crippen molar-refractivity contribution < 1.29 is 33.0 Å². The maximum Gasteiger partial charge on any atom is 0.339 e. The molecule has 0 spiro atoms. The van der Waals surface area contributed by atoms with Crippen LogP contribution in [0.2, 0.25) is 0 Å². The minimum atomic E-state index is -0.980. The smallest absolute Gasteiger partial charge is 0.339 e. The van der Waals surface area contributed by atoms with Gasteiger partial charge in [-0.25, -0.2) is 19.0 Å². The second-order valence-electron chi connectivity index (χ2n) is 11.2. The van der Waals surface area contributed by atoms with Crippen LogP contribution in [0.25, 0.3) is 10.9 Å². The molecule has 1 aromatic heterocycles. The van der Waals surface area contributed by atoms with Crippen molar-refractivity contribution in [1.29, 1.82) is 0 Å². The predicted molar refractivity (Wildman–Crippen MR) is 176 cm³/mol. The first-order chi connectivity index (χ1) is 22.7. The number of amides is 1. The number of aryl methyl sites for hydroxylation is 3. The van der Waals surface area contributed by atoms with E-state index >= 15 is 0 Å². The summed E-state index contributed by atoms with van der Waals surface area (Å²) in [7, 11) is 2.83. The van der Waals surface area contributed by atoms with E-state index in [1.54, 1.807) is 49.6 Å². The Kier molecular flexibility index (Phi) is 10.6. The lowest BCUT2D eigenvalue weighted by Crippen LogP contribution is -2.43. The van der Waals surface area contributed by atoms with Gasteiger partial charge in [0.2, 0.25) is 0 Å². The number of benzene rings is 4. The summed E-state index contributed by atoms with van der Waals surface area (Å²) in [4.78, 5) is 44.4. The van der Waals surface area contributed by atoms with E-state index in [0.717, 1.165) is 27.8 Å². The molecular formula is C38H35FN2O6. The SMILES string of the molecule is COC(=O)[C@@H](Cc1ccc(C)cc1)NC(=O)c1cc(C(=O)OCc2ccc(OC)cc2)c2cc(CCc3ccc(F)cc3)ccc2n1. The normalized spacial score (nSPS) is 11.5. The summed E-state index contributed by atoms with van der Waals surface area (Å²) >= 11 is 0. The third-order valence-electron chi connectivity index (χ3n) is 7.82. The molecule has 0 fully saturated rings. The molecule has 1 amide bonds. The Morgan fingerprint density at radius 3 is 2.11 bits per heavy atom. The number of ether oxygens (including phenoxy) is 3. The summed E-state index contributed by atoms with van der Waals surface area (Å²) in [5, 5.41) is 3.25. The number of nitrogens with one attached hydrogen (secondary N) is 1. The number of halogens is 1. The Labute approximate surface area is 272 Å². The highest BCUT2D eigenvalue weighted by Crippen LogP contribution is 2.24. The molecule has 0 saturated carbocycles. The van der Waals surface area contributed by atoms with E-state index in [9.17, 15) is 18.8 Å². The number of pyridine rings is 1. The van der Waals surface area contributed by atoms with Crippen molar-refractivity contribution >= 4 is 28.7 Å². The standard InChI is InChI=1S/C38H35FN2O6/c1-24-4-6-27(7-5-24)21-35(38(44)46-3)41-36(42)34-22-32(37(43)47-23-28-12-17-30(45-2)18-13-28)31-20-26(14-19-33(31)40-34)9-8-25-10-15-29(39)16-11-25/h4-7,10-20,22,35H,8-9,21,23H2,1-3H3,(H,41,42)/t35-/m1/s1. The molecule has 0 saturated heterocycles. The Morgan fingerprint density at radius 1 is 0.787 bits per heavy atom. The van der Waals surface area contributed by atoms with Crippen LogP contribution in [0.5, 0.6) is 5.75 Å². The van der Waals surface area contributed by atoms with Crippen molar-refractivity contribution in [2.24, 2.45) is 0 Å². The highest BCUT2D eigenvalue weighted by atomic mass is 19.1. The van der Waals surface area contributed by atoms with Crippen LogP contribution < -0.4 is 10.1 Å². The second-order valence-corrected chi connectivity index (χ2v) is 11.2. The molecule has 8 nitrogen and oxygen atoms in total. The second kappa shape index (κ2) is 15.1. The average Bonchev–Trinajstić information content (AvgIpc) is 3.10. The fraction of sp³-hybridized carbons (Fsp3) is 0.211. The molecular weight excluding hydrogens is 599 g/mol. The van der Waals surface area contributed by atoms with Gasteiger partial charge in [0.15, 0.2) is 0 Å². The van der Waals surface area contributed by atoms with Gasteiger partial charge in [0.1, 0.15) is 29.9 Å². The zero-order chi connectivity index (χ0) is 33.3. The molecule has 0 radical (unpaired) electrons. The molecule has 5 aromatic rings. The first kappa shape index (κ1) is 32.8. The molecule has 0 bridgehead atoms. The molecule has 0 aliphatic heterocycles. The van der Waals surface area contributed by atoms with Crippen molar-refractivity contribution in [1.82, 2.24) is 10.3 Å². The number of carbonyl (C=O) groups is 3. The van der Waals surface area contributed by atoms with Crippen molar-refractivity contribution in [3.63, 3.8) is 0 Å². The van der Waals surface area contributed by atoms with Crippen LogP contribution in [0.15, 0.2) is 97.1 Å². The van der Waals surface area contributed by atoms with Crippen LogP contribution >= 0.6 is 0 Å². The fourth-order valence-electron chi connectivity index (χ4n) is 5.13. The Morgan fingerprint density at radius 2 is 1.43 bits per heavy atom. The number of rotatable bonds is 12. The number of nitrogens with zero attached hydrogens (tertiary/aromatic N) is 1. The molecule has 9 heteroatoms. The van der Waals surface area contributed by atoms with E-state index in [1.807, 2.05) is 43.3 Å². The van der Waals surface area contributed by atoms with Gasteiger partial charge in [0, 0.05) is 11.8 Å². The van der Waals surface area contributed by atoms with Gasteiger partial charge in [-0.15, -0.1) is 0 Å². The van der Waals surface area contributed by atoms with Crippen LogP contribution in [0.1, 0.15) is 48.7 Å². The van der Waals surface area contributed by atoms with E-state index in [-0.39, 0.29) is 30.1 Å². The zero-order valence-corrected chi connectivity index (χ0v) is 26.4. The number of fused-ring (bicyclic) bond motifs is 1. The summed E-state index contributed by atoms with van der Waals surface area (Å²) in [5.74, 6) is -1.50. The third-order valence-corrected chi connectivity index (χ3v) is 7.82. The number of carbonyl (C=O) groups excluding carboxylic acids is 3. The quantitative estimate of drug-likeness (QED) is 0.160. The summed E-state index contributed by atoms with van der Waals surface area (Å²) in [6, 6.07) is 27.0. The molecule has 0 aliphatic rings. The number of hydrogen-bond acceptors (Lipinski definition) is 7. The van der Waals surface area contributed by atoms with E-state index in [1.165, 1.54) is 25.3 Å². The van der Waals surface area contributed by atoms with Crippen molar-refractivity contribution in [2.75, 3.05) is 14.2 Å². The zero-order valence-electron chi connectivity index (χ0n) is 26.4. The number of esters is 2. The first-order valence-corrected chi connectivity index (χ1v) is 15.1. The van der Waals surface area contributed by atoms with Gasteiger partial charge < -0.3 is 19.5 Å². The predicted octanol–water partition coefficient (Wildman–Crippen LogP) is 6.35. The van der Waals surface area contributed by atoms with E-state index in [2.05, 4.69) is 10.3 Å². The van der Waals surface area contributed by atoms with Gasteiger partial charge in [-0.1, -0.05) is 60.2 Å². The van der Waals surface area contributed by atoms with Crippen LogP contribution in [-0.2, 0) is 40.1 Å². The molecule has 1 heterocycles. The molecule has 4 aromatic carbocycles. The first-order valence-electron chi connectivity index (χ1n) is 15.1. The van der Waals surface area contributed by atoms with Crippen LogP contribution in [0.4, 0.5) is 4.39 Å². The monoisotopic (exact) mass is 634 g/mol. The minimum absolute atomic E-state index is 0.000599. The molecule has 5 rings (SSSR count). The summed E-state index contributed by atoms with van der Waals surface area (Å²) < 4.78 is 29.2. The lowest BCUT2D eigenvalue weighted by atomic mass is 10.00. The van der Waals surface area contributed by atoms with Crippen LogP contribution in [0.3, 0.4) is 0 Å². The molecule has 0 unspecified atom stereocenters. The number of hydrogen-bond donors (Lipinski definition) is 1. The Hall–Kier alpha value is -5.57. The van der Waals surface area contributed by atoms with Crippen LogP contribution in [-0.4, -0.2) is 43.1 Å². The lowest BCUT2D eigenvalue weighted by molar-refractivity contribution is -0.142. The Balaban J connectivity index is 1.43. The van der Waals surface area contributed by atoms with Gasteiger partial charge in [-0.3, -0.25) is 4.79 Å². The summed E-state index contributed by atoms with van der Waals surface area (Å²) in [6.45, 7) is 1.96. The minimum Gasteiger partial charge on any atom is -0.497 e. The summed E-state index contributed by atoms with van der Waals surface area (Å²) in [6.07, 6.45) is 1.50. The van der Waals surface area contributed by atoms with E-state index < -0.39 is 23.9 Å². The lowest BCUT2D eigenvalue weighted by Gasteiger charge is -2.17. The van der Waals surface area contributed by atoms with Gasteiger partial charge in [-0.05, 0) is 84.5 Å². The molecule has 240 valence electrons. The van der Waals surface area contributed by atoms with Crippen LogP contribution in [0, 0.1) is 12.7 Å². The maximum absolute atomic E-state index is 13.6. The van der Waals surface area contributed by atoms with Crippen molar-refractivity contribution in [3.8, 4) is 5.75 Å². The van der Waals surface area contributed by atoms with E-state index in [4.69, 9.17) is 14.2 Å². The fourth-order valence-corrected chi connectivity index (χ4v) is 5.13. The highest BCUT2D eigenvalue weighted by Gasteiger charge is 2.25.